The summed E-state index contributed by atoms with van der Waals surface area (Å²) in [5.74, 6) is -2.32. The molecule has 0 bridgehead atoms. The number of halogens is 3. The third-order valence-corrected chi connectivity index (χ3v) is 5.30. The first-order chi connectivity index (χ1) is 14.0. The van der Waals surface area contributed by atoms with Crippen LogP contribution in [-0.2, 0) is 30.3 Å². The van der Waals surface area contributed by atoms with Crippen molar-refractivity contribution >= 4 is 52.2 Å². The molecule has 0 saturated heterocycles. The Morgan fingerprint density at radius 3 is 2.17 bits per heavy atom. The second-order valence-corrected chi connectivity index (χ2v) is 8.95. The van der Waals surface area contributed by atoms with Gasteiger partial charge in [-0.25, -0.2) is 9.18 Å². The lowest BCUT2D eigenvalue weighted by molar-refractivity contribution is -0.155. The van der Waals surface area contributed by atoms with Gasteiger partial charge < -0.3 is 25.7 Å². The number of esters is 1. The van der Waals surface area contributed by atoms with Crippen molar-refractivity contribution < 1.29 is 28.1 Å². The Labute approximate surface area is 187 Å². The molecule has 4 N–H and O–H groups in total. The summed E-state index contributed by atoms with van der Waals surface area (Å²) >= 11 is 9.76. The SMILES string of the molecule is C[C@H](N)C(=O)N[C@@H](C)C(=O)O[C@H](c1ccc([S+](C)[O-])cc1)[C@@H](CF)NC(=O)C(Cl)Cl. The molecule has 1 aromatic carbocycles. The highest BCUT2D eigenvalue weighted by atomic mass is 35.5. The number of rotatable bonds is 10. The van der Waals surface area contributed by atoms with Crippen LogP contribution in [0.1, 0.15) is 25.5 Å². The molecule has 0 saturated carbocycles. The number of nitrogens with two attached hydrogens (primary N) is 1. The molecule has 0 aliphatic heterocycles. The number of hydrogen-bond acceptors (Lipinski definition) is 6. The van der Waals surface area contributed by atoms with Gasteiger partial charge in [0.1, 0.15) is 25.1 Å². The zero-order valence-electron chi connectivity index (χ0n) is 16.6. The zero-order chi connectivity index (χ0) is 23.0. The standard InChI is InChI=1S/C18H24Cl2FN3O5S/c1-9(22)16(25)23-10(2)18(27)29-14(13(8-21)24-17(26)15(19)20)11-4-6-12(7-5-11)30(3)28/h4-7,9-10,13-15H,8,22H2,1-3H3,(H,23,25)(H,24,26)/t9-,10-,13+,14+,30?/m0/s1. The summed E-state index contributed by atoms with van der Waals surface area (Å²) in [5.41, 5.74) is 5.78. The van der Waals surface area contributed by atoms with Crippen molar-refractivity contribution in [3.8, 4) is 0 Å². The fourth-order valence-corrected chi connectivity index (χ4v) is 2.95. The van der Waals surface area contributed by atoms with Gasteiger partial charge in [0.25, 0.3) is 5.91 Å². The van der Waals surface area contributed by atoms with E-state index >= 15 is 0 Å². The van der Waals surface area contributed by atoms with E-state index in [2.05, 4.69) is 10.6 Å². The van der Waals surface area contributed by atoms with Crippen LogP contribution < -0.4 is 16.4 Å². The first-order valence-corrected chi connectivity index (χ1v) is 11.2. The average molecular weight is 484 g/mol. The molecule has 0 fully saturated rings. The number of ether oxygens (including phenoxy) is 1. The number of hydrogen-bond donors (Lipinski definition) is 3. The van der Waals surface area contributed by atoms with Gasteiger partial charge in [-0.3, -0.25) is 9.59 Å². The average Bonchev–Trinajstić information content (AvgIpc) is 2.69. The molecular weight excluding hydrogens is 460 g/mol. The number of carbonyl (C=O) groups excluding carboxylic acids is 3. The predicted octanol–water partition coefficient (Wildman–Crippen LogP) is 1.12. The maximum absolute atomic E-state index is 13.8. The van der Waals surface area contributed by atoms with Crippen LogP contribution in [0, 0.1) is 0 Å². The van der Waals surface area contributed by atoms with Gasteiger partial charge in [-0.2, -0.15) is 0 Å². The van der Waals surface area contributed by atoms with E-state index in [4.69, 9.17) is 33.7 Å². The Morgan fingerprint density at radius 1 is 1.17 bits per heavy atom. The maximum Gasteiger partial charge on any atom is 0.329 e. The van der Waals surface area contributed by atoms with E-state index in [-0.39, 0.29) is 0 Å². The smallest absolute Gasteiger partial charge is 0.329 e. The van der Waals surface area contributed by atoms with Gasteiger partial charge in [-0.1, -0.05) is 35.3 Å². The monoisotopic (exact) mass is 483 g/mol. The lowest BCUT2D eigenvalue weighted by Crippen LogP contribution is -2.48. The molecule has 1 unspecified atom stereocenters. The molecule has 0 aliphatic carbocycles. The van der Waals surface area contributed by atoms with Gasteiger partial charge in [0, 0.05) is 0 Å². The number of amides is 2. The Hall–Kier alpha value is -1.59. The van der Waals surface area contributed by atoms with Crippen LogP contribution in [0.15, 0.2) is 29.2 Å². The molecule has 0 radical (unpaired) electrons. The summed E-state index contributed by atoms with van der Waals surface area (Å²) in [5, 5.41) is 4.66. The van der Waals surface area contributed by atoms with Crippen molar-refractivity contribution in [3.05, 3.63) is 29.8 Å². The van der Waals surface area contributed by atoms with Gasteiger partial charge in [-0.15, -0.1) is 0 Å². The number of benzene rings is 1. The van der Waals surface area contributed by atoms with Crippen LogP contribution in [0.2, 0.25) is 0 Å². The van der Waals surface area contributed by atoms with E-state index in [1.54, 1.807) is 0 Å². The van der Waals surface area contributed by atoms with Crippen LogP contribution in [0.5, 0.6) is 0 Å². The molecule has 0 heterocycles. The predicted molar refractivity (Wildman–Crippen MR) is 112 cm³/mol. The number of carbonyl (C=O) groups is 3. The maximum atomic E-state index is 13.8. The highest BCUT2D eigenvalue weighted by molar-refractivity contribution is 7.90. The van der Waals surface area contributed by atoms with Gasteiger partial charge in [-0.05, 0) is 42.7 Å². The molecule has 1 aromatic rings. The van der Waals surface area contributed by atoms with E-state index in [1.807, 2.05) is 0 Å². The molecule has 0 aliphatic rings. The Morgan fingerprint density at radius 2 is 1.73 bits per heavy atom. The van der Waals surface area contributed by atoms with Crippen LogP contribution >= 0.6 is 23.2 Å². The van der Waals surface area contributed by atoms with Crippen LogP contribution in [0.4, 0.5) is 4.39 Å². The lowest BCUT2D eigenvalue weighted by Gasteiger charge is -2.28. The summed E-state index contributed by atoms with van der Waals surface area (Å²) in [6, 6.07) is 2.80. The first kappa shape index (κ1) is 26.4. The van der Waals surface area contributed by atoms with Gasteiger partial charge in [0.15, 0.2) is 9.73 Å². The second kappa shape index (κ2) is 12.3. The van der Waals surface area contributed by atoms with Crippen molar-refractivity contribution in [1.29, 1.82) is 0 Å². The molecule has 5 atom stereocenters. The molecule has 0 aromatic heterocycles. The van der Waals surface area contributed by atoms with E-state index in [0.717, 1.165) is 0 Å². The zero-order valence-corrected chi connectivity index (χ0v) is 18.9. The fourth-order valence-electron chi connectivity index (χ4n) is 2.30. The Kier molecular flexibility index (Phi) is 10.9. The molecule has 0 spiro atoms. The minimum absolute atomic E-state index is 0.326. The highest BCUT2D eigenvalue weighted by Gasteiger charge is 2.32. The van der Waals surface area contributed by atoms with Crippen molar-refractivity contribution in [2.45, 2.75) is 47.8 Å². The fraction of sp³-hybridized carbons (Fsp3) is 0.500. The van der Waals surface area contributed by atoms with E-state index in [1.165, 1.54) is 44.4 Å². The summed E-state index contributed by atoms with van der Waals surface area (Å²) in [6.07, 6.45) is 0.216. The van der Waals surface area contributed by atoms with Crippen molar-refractivity contribution in [2.75, 3.05) is 12.9 Å². The summed E-state index contributed by atoms with van der Waals surface area (Å²) in [6.45, 7) is 1.71. The summed E-state index contributed by atoms with van der Waals surface area (Å²) in [7, 11) is 0. The van der Waals surface area contributed by atoms with Gasteiger partial charge in [0.2, 0.25) is 5.91 Å². The van der Waals surface area contributed by atoms with Gasteiger partial charge in [0.05, 0.1) is 12.1 Å². The Balaban J connectivity index is 3.14. The number of nitrogens with one attached hydrogen (secondary N) is 2. The normalized spacial score (nSPS) is 16.2. The van der Waals surface area contributed by atoms with Crippen LogP contribution in [0.3, 0.4) is 0 Å². The molecule has 30 heavy (non-hydrogen) atoms. The molecule has 12 heteroatoms. The molecular formula is C18H24Cl2FN3O5S. The van der Waals surface area contributed by atoms with Crippen molar-refractivity contribution in [3.63, 3.8) is 0 Å². The summed E-state index contributed by atoms with van der Waals surface area (Å²) in [4.78, 5) is 35.1. The van der Waals surface area contributed by atoms with Gasteiger partial charge >= 0.3 is 5.97 Å². The lowest BCUT2D eigenvalue weighted by atomic mass is 10.0. The van der Waals surface area contributed by atoms with Crippen LogP contribution in [-0.4, -0.2) is 58.2 Å². The summed E-state index contributed by atoms with van der Waals surface area (Å²) < 4.78 is 30.8. The largest absolute Gasteiger partial charge is 0.612 e. The van der Waals surface area contributed by atoms with Crippen molar-refractivity contribution in [2.24, 2.45) is 5.73 Å². The van der Waals surface area contributed by atoms with Crippen LogP contribution in [0.25, 0.3) is 0 Å². The molecule has 2 amide bonds. The Bertz CT molecular complexity index is 737. The molecule has 168 valence electrons. The number of alkyl halides is 3. The van der Waals surface area contributed by atoms with E-state index in [9.17, 15) is 23.3 Å². The van der Waals surface area contributed by atoms with E-state index < -0.39 is 64.7 Å². The van der Waals surface area contributed by atoms with E-state index in [0.29, 0.717) is 10.5 Å². The minimum Gasteiger partial charge on any atom is -0.612 e. The minimum atomic E-state index is -1.45. The molecule has 8 nitrogen and oxygen atoms in total. The molecule has 1 rings (SSSR count). The topological polar surface area (TPSA) is 134 Å². The third kappa shape index (κ3) is 7.92. The van der Waals surface area contributed by atoms with Crippen molar-refractivity contribution in [1.82, 2.24) is 10.6 Å². The highest BCUT2D eigenvalue weighted by Crippen LogP contribution is 2.25. The first-order valence-electron chi connectivity index (χ1n) is 8.82. The quantitative estimate of drug-likeness (QED) is 0.259. The second-order valence-electron chi connectivity index (χ2n) is 6.47. The third-order valence-electron chi connectivity index (χ3n) is 3.97.